The lowest BCUT2D eigenvalue weighted by Gasteiger charge is -2.35. The van der Waals surface area contributed by atoms with Gasteiger partial charge in [0.15, 0.2) is 0 Å². The van der Waals surface area contributed by atoms with Crippen molar-refractivity contribution in [1.29, 1.82) is 0 Å². The molecule has 108 valence electrons. The molecule has 2 rings (SSSR count). The molecule has 1 aliphatic carbocycles. The molecule has 19 heavy (non-hydrogen) atoms. The summed E-state index contributed by atoms with van der Waals surface area (Å²) >= 11 is 3.64. The van der Waals surface area contributed by atoms with E-state index in [9.17, 15) is 0 Å². The standard InChI is InChI=1S/C16H26BrNO/c1-3-5-12-6-7-13(11-18-4-2)14(10-12)16-15(17)8-9-19-16/h8-9,12-14,18H,3-7,10-11H2,1-2H3. The van der Waals surface area contributed by atoms with Gasteiger partial charge in [-0.3, -0.25) is 0 Å². The Morgan fingerprint density at radius 2 is 2.21 bits per heavy atom. The van der Waals surface area contributed by atoms with Crippen molar-refractivity contribution in [1.82, 2.24) is 5.32 Å². The Labute approximate surface area is 125 Å². The van der Waals surface area contributed by atoms with Crippen LogP contribution in [0.4, 0.5) is 0 Å². The Balaban J connectivity index is 2.09. The van der Waals surface area contributed by atoms with Crippen molar-refractivity contribution in [3.05, 3.63) is 22.6 Å². The van der Waals surface area contributed by atoms with Gasteiger partial charge in [-0.2, -0.15) is 0 Å². The monoisotopic (exact) mass is 327 g/mol. The summed E-state index contributed by atoms with van der Waals surface area (Å²) in [6.07, 6.45) is 8.48. The third-order valence-corrected chi connectivity index (χ3v) is 5.09. The lowest BCUT2D eigenvalue weighted by Crippen LogP contribution is -2.32. The van der Waals surface area contributed by atoms with Gasteiger partial charge in [0.05, 0.1) is 10.7 Å². The van der Waals surface area contributed by atoms with E-state index in [0.717, 1.165) is 29.4 Å². The van der Waals surface area contributed by atoms with E-state index in [4.69, 9.17) is 4.42 Å². The van der Waals surface area contributed by atoms with Gasteiger partial charge in [0.1, 0.15) is 5.76 Å². The second-order valence-electron chi connectivity index (χ2n) is 5.77. The van der Waals surface area contributed by atoms with Crippen molar-refractivity contribution in [2.45, 2.75) is 51.9 Å². The van der Waals surface area contributed by atoms with Gasteiger partial charge in [-0.15, -0.1) is 0 Å². The molecule has 3 atom stereocenters. The SMILES string of the molecule is CCCC1CCC(CNCC)C(c2occc2Br)C1. The van der Waals surface area contributed by atoms with Gasteiger partial charge in [0.25, 0.3) is 0 Å². The minimum atomic E-state index is 0.578. The zero-order valence-corrected chi connectivity index (χ0v) is 13.7. The predicted molar refractivity (Wildman–Crippen MR) is 83.4 cm³/mol. The van der Waals surface area contributed by atoms with Crippen LogP contribution < -0.4 is 5.32 Å². The molecule has 3 heteroatoms. The number of halogens is 1. The number of hydrogen-bond donors (Lipinski definition) is 1. The fourth-order valence-electron chi connectivity index (χ4n) is 3.46. The zero-order chi connectivity index (χ0) is 13.7. The summed E-state index contributed by atoms with van der Waals surface area (Å²) < 4.78 is 6.92. The Kier molecular flexibility index (Phi) is 5.96. The molecule has 1 aliphatic rings. The summed E-state index contributed by atoms with van der Waals surface area (Å²) in [6, 6.07) is 2.03. The first-order chi connectivity index (χ1) is 9.26. The smallest absolute Gasteiger partial charge is 0.121 e. The number of hydrogen-bond acceptors (Lipinski definition) is 2. The van der Waals surface area contributed by atoms with Crippen molar-refractivity contribution in [2.24, 2.45) is 11.8 Å². The minimum absolute atomic E-state index is 0.578. The van der Waals surface area contributed by atoms with Gasteiger partial charge >= 0.3 is 0 Å². The first-order valence-corrected chi connectivity index (χ1v) is 8.49. The molecule has 1 aromatic heterocycles. The molecule has 0 amide bonds. The Morgan fingerprint density at radius 1 is 1.37 bits per heavy atom. The molecular weight excluding hydrogens is 302 g/mol. The molecule has 0 aromatic carbocycles. The molecule has 1 heterocycles. The van der Waals surface area contributed by atoms with Gasteiger partial charge in [0.2, 0.25) is 0 Å². The fraction of sp³-hybridized carbons (Fsp3) is 0.750. The molecule has 0 bridgehead atoms. The third kappa shape index (κ3) is 3.85. The van der Waals surface area contributed by atoms with Crippen LogP contribution in [0.1, 0.15) is 57.6 Å². The highest BCUT2D eigenvalue weighted by atomic mass is 79.9. The van der Waals surface area contributed by atoms with Gasteiger partial charge < -0.3 is 9.73 Å². The van der Waals surface area contributed by atoms with Crippen LogP contribution in [0.3, 0.4) is 0 Å². The highest BCUT2D eigenvalue weighted by Gasteiger charge is 2.33. The molecule has 0 aliphatic heterocycles. The van der Waals surface area contributed by atoms with Gasteiger partial charge in [0, 0.05) is 5.92 Å². The molecular formula is C16H26BrNO. The molecule has 1 fully saturated rings. The van der Waals surface area contributed by atoms with E-state index < -0.39 is 0 Å². The van der Waals surface area contributed by atoms with E-state index in [1.165, 1.54) is 37.9 Å². The van der Waals surface area contributed by atoms with Gasteiger partial charge in [-0.05, 0) is 59.8 Å². The first-order valence-electron chi connectivity index (χ1n) is 7.69. The molecule has 1 aromatic rings. The second kappa shape index (κ2) is 7.49. The van der Waals surface area contributed by atoms with Gasteiger partial charge in [-0.1, -0.05) is 33.1 Å². The molecule has 0 saturated heterocycles. The zero-order valence-electron chi connectivity index (χ0n) is 12.1. The molecule has 1 N–H and O–H groups in total. The van der Waals surface area contributed by atoms with Crippen LogP contribution >= 0.6 is 15.9 Å². The van der Waals surface area contributed by atoms with E-state index in [1.807, 2.05) is 12.3 Å². The summed E-state index contributed by atoms with van der Waals surface area (Å²) in [6.45, 7) is 6.65. The minimum Gasteiger partial charge on any atom is -0.468 e. The first kappa shape index (κ1) is 15.1. The van der Waals surface area contributed by atoms with E-state index in [1.54, 1.807) is 0 Å². The van der Waals surface area contributed by atoms with Crippen LogP contribution in [0.15, 0.2) is 21.2 Å². The summed E-state index contributed by atoms with van der Waals surface area (Å²) in [5.41, 5.74) is 0. The fourth-order valence-corrected chi connectivity index (χ4v) is 3.95. The van der Waals surface area contributed by atoms with E-state index in [0.29, 0.717) is 5.92 Å². The van der Waals surface area contributed by atoms with Crippen LogP contribution in [0.25, 0.3) is 0 Å². The van der Waals surface area contributed by atoms with Crippen LogP contribution in [-0.2, 0) is 0 Å². The lowest BCUT2D eigenvalue weighted by atomic mass is 9.71. The quantitative estimate of drug-likeness (QED) is 0.799. The second-order valence-corrected chi connectivity index (χ2v) is 6.63. The molecule has 0 spiro atoms. The Morgan fingerprint density at radius 3 is 2.84 bits per heavy atom. The third-order valence-electron chi connectivity index (χ3n) is 4.44. The van der Waals surface area contributed by atoms with Gasteiger partial charge in [-0.25, -0.2) is 0 Å². The maximum atomic E-state index is 5.77. The number of rotatable bonds is 6. The van der Waals surface area contributed by atoms with Crippen LogP contribution in [0.5, 0.6) is 0 Å². The highest BCUT2D eigenvalue weighted by Crippen LogP contribution is 2.44. The van der Waals surface area contributed by atoms with E-state index in [2.05, 4.69) is 35.1 Å². The normalized spacial score (nSPS) is 27.6. The lowest BCUT2D eigenvalue weighted by molar-refractivity contribution is 0.201. The summed E-state index contributed by atoms with van der Waals surface area (Å²) in [4.78, 5) is 0. The largest absolute Gasteiger partial charge is 0.468 e. The predicted octanol–water partition coefficient (Wildman–Crippen LogP) is 4.95. The molecule has 2 nitrogen and oxygen atoms in total. The van der Waals surface area contributed by atoms with Crippen molar-refractivity contribution >= 4 is 15.9 Å². The Hall–Kier alpha value is -0.280. The van der Waals surface area contributed by atoms with Crippen molar-refractivity contribution in [3.8, 4) is 0 Å². The molecule has 0 radical (unpaired) electrons. The van der Waals surface area contributed by atoms with Crippen LogP contribution in [0.2, 0.25) is 0 Å². The Bertz CT molecular complexity index is 377. The average Bonchev–Trinajstić information content (AvgIpc) is 2.83. The topological polar surface area (TPSA) is 25.2 Å². The number of furan rings is 1. The number of nitrogens with one attached hydrogen (secondary N) is 1. The summed E-state index contributed by atoms with van der Waals surface area (Å²) in [5.74, 6) is 3.35. The molecule has 1 saturated carbocycles. The summed E-state index contributed by atoms with van der Waals surface area (Å²) in [7, 11) is 0. The van der Waals surface area contributed by atoms with E-state index in [-0.39, 0.29) is 0 Å². The van der Waals surface area contributed by atoms with Crippen molar-refractivity contribution in [3.63, 3.8) is 0 Å². The molecule has 3 unspecified atom stereocenters. The highest BCUT2D eigenvalue weighted by molar-refractivity contribution is 9.10. The summed E-state index contributed by atoms with van der Waals surface area (Å²) in [5, 5.41) is 3.52. The average molecular weight is 328 g/mol. The maximum absolute atomic E-state index is 5.77. The van der Waals surface area contributed by atoms with Crippen LogP contribution in [-0.4, -0.2) is 13.1 Å². The van der Waals surface area contributed by atoms with Crippen LogP contribution in [0, 0.1) is 11.8 Å². The maximum Gasteiger partial charge on any atom is 0.121 e. The van der Waals surface area contributed by atoms with Crippen molar-refractivity contribution in [2.75, 3.05) is 13.1 Å². The van der Waals surface area contributed by atoms with E-state index >= 15 is 0 Å². The van der Waals surface area contributed by atoms with Crippen molar-refractivity contribution < 1.29 is 4.42 Å².